The number of carbonyl (C=O) groups is 1. The lowest BCUT2D eigenvalue weighted by Crippen LogP contribution is -2.39. The third kappa shape index (κ3) is 4.18. The van der Waals surface area contributed by atoms with Gasteiger partial charge in [-0.3, -0.25) is 4.79 Å². The Labute approximate surface area is 91.5 Å². The number of rotatable bonds is 5. The summed E-state index contributed by atoms with van der Waals surface area (Å²) in [6, 6.07) is 0.441. The number of esters is 1. The first-order valence-corrected chi connectivity index (χ1v) is 5.88. The minimum Gasteiger partial charge on any atom is -0.466 e. The van der Waals surface area contributed by atoms with Gasteiger partial charge in [-0.2, -0.15) is 0 Å². The van der Waals surface area contributed by atoms with Crippen LogP contribution in [0.5, 0.6) is 0 Å². The van der Waals surface area contributed by atoms with E-state index in [9.17, 15) is 4.79 Å². The Morgan fingerprint density at radius 3 is 3.00 bits per heavy atom. The number of nitrogens with one attached hydrogen (secondary N) is 1. The third-order valence-corrected chi connectivity index (χ3v) is 2.87. The molecule has 0 aromatic heterocycles. The molecule has 0 aromatic carbocycles. The molecule has 1 aliphatic rings. The van der Waals surface area contributed by atoms with Crippen LogP contribution < -0.4 is 11.1 Å². The first-order chi connectivity index (χ1) is 7.27. The van der Waals surface area contributed by atoms with E-state index >= 15 is 0 Å². The summed E-state index contributed by atoms with van der Waals surface area (Å²) in [6.45, 7) is 3.82. The summed E-state index contributed by atoms with van der Waals surface area (Å²) in [5, 5.41) is 3.37. The maximum Gasteiger partial charge on any atom is 0.308 e. The molecule has 1 rings (SSSR count). The Morgan fingerprint density at radius 2 is 2.33 bits per heavy atom. The predicted molar refractivity (Wildman–Crippen MR) is 59.4 cm³/mol. The van der Waals surface area contributed by atoms with Gasteiger partial charge in [0.15, 0.2) is 0 Å². The van der Waals surface area contributed by atoms with Crippen LogP contribution in [0.15, 0.2) is 0 Å². The van der Waals surface area contributed by atoms with Crippen LogP contribution in [0.3, 0.4) is 0 Å². The minimum absolute atomic E-state index is 0.0308. The van der Waals surface area contributed by atoms with Crippen molar-refractivity contribution < 1.29 is 9.53 Å². The molecule has 0 aliphatic heterocycles. The maximum absolute atomic E-state index is 11.5. The molecule has 2 atom stereocenters. The highest BCUT2D eigenvalue weighted by atomic mass is 16.5. The second-order valence-corrected chi connectivity index (χ2v) is 4.06. The molecule has 88 valence electrons. The van der Waals surface area contributed by atoms with E-state index in [-0.39, 0.29) is 11.9 Å². The Morgan fingerprint density at radius 1 is 1.53 bits per heavy atom. The highest BCUT2D eigenvalue weighted by Crippen LogP contribution is 2.25. The number of ether oxygens (including phenoxy) is 1. The van der Waals surface area contributed by atoms with E-state index in [4.69, 9.17) is 10.5 Å². The van der Waals surface area contributed by atoms with Crippen molar-refractivity contribution in [3.63, 3.8) is 0 Å². The van der Waals surface area contributed by atoms with Crippen LogP contribution in [0, 0.1) is 5.92 Å². The Bertz CT molecular complexity index is 197. The molecule has 0 spiro atoms. The van der Waals surface area contributed by atoms with Gasteiger partial charge in [0.1, 0.15) is 0 Å². The average Bonchev–Trinajstić information content (AvgIpc) is 2.27. The summed E-state index contributed by atoms with van der Waals surface area (Å²) < 4.78 is 5.04. The average molecular weight is 214 g/mol. The van der Waals surface area contributed by atoms with E-state index < -0.39 is 0 Å². The smallest absolute Gasteiger partial charge is 0.308 e. The molecule has 0 bridgehead atoms. The highest BCUT2D eigenvalue weighted by Gasteiger charge is 2.27. The first kappa shape index (κ1) is 12.5. The molecule has 0 amide bonds. The van der Waals surface area contributed by atoms with Crippen LogP contribution in [0.1, 0.15) is 32.6 Å². The van der Waals surface area contributed by atoms with Crippen molar-refractivity contribution in [3.05, 3.63) is 0 Å². The molecule has 3 N–H and O–H groups in total. The zero-order valence-electron chi connectivity index (χ0n) is 9.50. The largest absolute Gasteiger partial charge is 0.466 e. The molecule has 1 aliphatic carbocycles. The molecule has 0 heterocycles. The third-order valence-electron chi connectivity index (χ3n) is 2.87. The second kappa shape index (κ2) is 6.80. The van der Waals surface area contributed by atoms with Crippen molar-refractivity contribution >= 4 is 5.97 Å². The van der Waals surface area contributed by atoms with Gasteiger partial charge >= 0.3 is 5.97 Å². The molecule has 1 fully saturated rings. The van der Waals surface area contributed by atoms with Crippen LogP contribution in [0.25, 0.3) is 0 Å². The van der Waals surface area contributed by atoms with E-state index in [1.807, 2.05) is 6.92 Å². The van der Waals surface area contributed by atoms with Crippen LogP contribution in [-0.4, -0.2) is 31.7 Å². The summed E-state index contributed by atoms with van der Waals surface area (Å²) in [5.41, 5.74) is 5.43. The molecule has 1 saturated carbocycles. The van der Waals surface area contributed by atoms with Crippen LogP contribution in [0.4, 0.5) is 0 Å². The van der Waals surface area contributed by atoms with Gasteiger partial charge in [-0.15, -0.1) is 0 Å². The van der Waals surface area contributed by atoms with Crippen LogP contribution in [-0.2, 0) is 9.53 Å². The van der Waals surface area contributed by atoms with Gasteiger partial charge in [0.05, 0.1) is 12.5 Å². The van der Waals surface area contributed by atoms with E-state index in [0.717, 1.165) is 32.2 Å². The van der Waals surface area contributed by atoms with Crippen molar-refractivity contribution in [2.75, 3.05) is 19.7 Å². The maximum atomic E-state index is 11.5. The molecule has 0 saturated heterocycles. The molecule has 0 radical (unpaired) electrons. The van der Waals surface area contributed by atoms with Crippen LogP contribution >= 0.6 is 0 Å². The van der Waals surface area contributed by atoms with E-state index in [2.05, 4.69) is 5.32 Å². The van der Waals surface area contributed by atoms with Crippen molar-refractivity contribution in [2.45, 2.75) is 38.6 Å². The van der Waals surface area contributed by atoms with Gasteiger partial charge in [-0.25, -0.2) is 0 Å². The minimum atomic E-state index is -0.0308. The first-order valence-electron chi connectivity index (χ1n) is 5.88. The fourth-order valence-corrected chi connectivity index (χ4v) is 2.14. The fourth-order valence-electron chi connectivity index (χ4n) is 2.14. The Balaban J connectivity index is 2.31. The van der Waals surface area contributed by atoms with Gasteiger partial charge in [0.25, 0.3) is 0 Å². The molecule has 0 aromatic rings. The van der Waals surface area contributed by atoms with E-state index in [1.54, 1.807) is 0 Å². The van der Waals surface area contributed by atoms with Gasteiger partial charge < -0.3 is 15.8 Å². The van der Waals surface area contributed by atoms with Gasteiger partial charge in [-0.1, -0.05) is 6.42 Å². The van der Waals surface area contributed by atoms with Gasteiger partial charge in [-0.05, 0) is 26.2 Å². The SMILES string of the molecule is CCOC(=O)C1CCCC(NCCN)C1. The second-order valence-electron chi connectivity index (χ2n) is 4.06. The summed E-state index contributed by atoms with van der Waals surface area (Å²) in [5.74, 6) is 0.0609. The zero-order valence-corrected chi connectivity index (χ0v) is 9.50. The van der Waals surface area contributed by atoms with Crippen molar-refractivity contribution in [2.24, 2.45) is 11.7 Å². The summed E-state index contributed by atoms with van der Waals surface area (Å²) in [7, 11) is 0. The standard InChI is InChI=1S/C11H22N2O2/c1-2-15-11(14)9-4-3-5-10(8-9)13-7-6-12/h9-10,13H,2-8,12H2,1H3. The normalized spacial score (nSPS) is 26.3. The summed E-state index contributed by atoms with van der Waals surface area (Å²) >= 11 is 0. The van der Waals surface area contributed by atoms with Gasteiger partial charge in [0, 0.05) is 19.1 Å². The van der Waals surface area contributed by atoms with Crippen molar-refractivity contribution in [1.29, 1.82) is 0 Å². The Hall–Kier alpha value is -0.610. The zero-order chi connectivity index (χ0) is 11.1. The lowest BCUT2D eigenvalue weighted by molar-refractivity contribution is -0.149. The summed E-state index contributed by atoms with van der Waals surface area (Å²) in [6.07, 6.45) is 4.13. The molecular weight excluding hydrogens is 192 g/mol. The molecule has 15 heavy (non-hydrogen) atoms. The van der Waals surface area contributed by atoms with Gasteiger partial charge in [0.2, 0.25) is 0 Å². The van der Waals surface area contributed by atoms with E-state index in [0.29, 0.717) is 19.2 Å². The lowest BCUT2D eigenvalue weighted by atomic mass is 9.86. The molecule has 2 unspecified atom stereocenters. The monoisotopic (exact) mass is 214 g/mol. The topological polar surface area (TPSA) is 64.3 Å². The lowest BCUT2D eigenvalue weighted by Gasteiger charge is -2.28. The number of nitrogens with two attached hydrogens (primary N) is 1. The summed E-state index contributed by atoms with van der Waals surface area (Å²) in [4.78, 5) is 11.5. The Kier molecular flexibility index (Phi) is 5.65. The molecular formula is C11H22N2O2. The number of carbonyl (C=O) groups excluding carboxylic acids is 1. The highest BCUT2D eigenvalue weighted by molar-refractivity contribution is 5.72. The predicted octanol–water partition coefficient (Wildman–Crippen LogP) is 0.657. The fraction of sp³-hybridized carbons (Fsp3) is 0.909. The van der Waals surface area contributed by atoms with Crippen molar-refractivity contribution in [3.8, 4) is 0 Å². The van der Waals surface area contributed by atoms with Crippen molar-refractivity contribution in [1.82, 2.24) is 5.32 Å². The van der Waals surface area contributed by atoms with Crippen LogP contribution in [0.2, 0.25) is 0 Å². The number of hydrogen-bond donors (Lipinski definition) is 2. The number of hydrogen-bond acceptors (Lipinski definition) is 4. The molecule has 4 nitrogen and oxygen atoms in total. The molecule has 4 heteroatoms. The van der Waals surface area contributed by atoms with E-state index in [1.165, 1.54) is 0 Å². The quantitative estimate of drug-likeness (QED) is 0.660.